The fourth-order valence-corrected chi connectivity index (χ4v) is 5.16. The molecule has 1 amide bonds. The molecule has 0 fully saturated rings. The molecule has 3 rings (SSSR count). The second-order valence-corrected chi connectivity index (χ2v) is 9.10. The lowest BCUT2D eigenvalue weighted by Crippen LogP contribution is -2.16. The third kappa shape index (κ3) is 5.97. The third-order valence-corrected chi connectivity index (χ3v) is 6.86. The first-order valence-corrected chi connectivity index (χ1v) is 12.3. The predicted molar refractivity (Wildman–Crippen MR) is 133 cm³/mol. The zero-order valence-corrected chi connectivity index (χ0v) is 20.7. The number of nitrogens with zero attached hydrogens (tertiary/aromatic N) is 1. The number of ether oxygens (including phenoxy) is 3. The van der Waals surface area contributed by atoms with Crippen molar-refractivity contribution < 1.29 is 23.8 Å². The highest BCUT2D eigenvalue weighted by Gasteiger charge is 2.27. The third-order valence-electron chi connectivity index (χ3n) is 5.66. The number of nitrogens with one attached hydrogen (secondary N) is 1. The largest absolute Gasteiger partial charge is 0.493 e. The summed E-state index contributed by atoms with van der Waals surface area (Å²) in [6.07, 6.45) is 8.33. The van der Waals surface area contributed by atoms with E-state index in [0.717, 1.165) is 55.4 Å². The Hall–Kier alpha value is -3.31. The van der Waals surface area contributed by atoms with Crippen LogP contribution in [0.15, 0.2) is 23.8 Å². The van der Waals surface area contributed by atoms with Gasteiger partial charge in [0.25, 0.3) is 5.91 Å². The molecule has 34 heavy (non-hydrogen) atoms. The number of hydrogen-bond donors (Lipinski definition) is 1. The minimum atomic E-state index is -0.579. The fourth-order valence-electron chi connectivity index (χ4n) is 3.89. The van der Waals surface area contributed by atoms with Gasteiger partial charge in [0, 0.05) is 4.88 Å². The molecule has 2 aromatic rings. The highest BCUT2D eigenvalue weighted by molar-refractivity contribution is 7.17. The molecule has 1 aliphatic carbocycles. The summed E-state index contributed by atoms with van der Waals surface area (Å²) in [4.78, 5) is 26.5. The summed E-state index contributed by atoms with van der Waals surface area (Å²) in [6.45, 7) is 2.73. The van der Waals surface area contributed by atoms with E-state index in [1.807, 2.05) is 6.07 Å². The molecular formula is C26H30N2O5S. The number of methoxy groups -OCH3 is 2. The van der Waals surface area contributed by atoms with Crippen molar-refractivity contribution in [2.45, 2.75) is 51.9 Å². The zero-order valence-electron chi connectivity index (χ0n) is 19.9. The van der Waals surface area contributed by atoms with Crippen molar-refractivity contribution in [3.8, 4) is 17.6 Å². The molecule has 1 aromatic carbocycles. The van der Waals surface area contributed by atoms with Gasteiger partial charge in [-0.1, -0.05) is 25.8 Å². The minimum absolute atomic E-state index is 0.0825. The second-order valence-electron chi connectivity index (χ2n) is 8.00. The first-order chi connectivity index (χ1) is 16.5. The maximum atomic E-state index is 12.9. The first-order valence-electron chi connectivity index (χ1n) is 11.5. The van der Waals surface area contributed by atoms with E-state index in [0.29, 0.717) is 34.2 Å². The Morgan fingerprint density at radius 2 is 1.97 bits per heavy atom. The van der Waals surface area contributed by atoms with Crippen molar-refractivity contribution in [2.24, 2.45) is 0 Å². The Morgan fingerprint density at radius 1 is 1.18 bits per heavy atom. The molecule has 0 unspecified atom stereocenters. The molecule has 8 heteroatoms. The van der Waals surface area contributed by atoms with Gasteiger partial charge in [0.05, 0.1) is 26.4 Å². The molecule has 0 spiro atoms. The lowest BCUT2D eigenvalue weighted by molar-refractivity contribution is -0.112. The molecule has 0 aliphatic heterocycles. The molecule has 0 radical (unpaired) electrons. The SMILES string of the molecule is CCCCCOc1ccc(/C=C(\C#N)C(=O)Nc2sc3c(c2C(=O)OC)CCCC3)cc1OC. The summed E-state index contributed by atoms with van der Waals surface area (Å²) in [5.74, 6) is 0.0917. The number of esters is 1. The van der Waals surface area contributed by atoms with Crippen molar-refractivity contribution >= 4 is 34.3 Å². The van der Waals surface area contributed by atoms with Gasteiger partial charge in [-0.3, -0.25) is 4.79 Å². The van der Waals surface area contributed by atoms with Crippen LogP contribution in [0, 0.1) is 11.3 Å². The number of thiophene rings is 1. The van der Waals surface area contributed by atoms with Crippen LogP contribution in [-0.4, -0.2) is 32.7 Å². The van der Waals surface area contributed by atoms with E-state index in [2.05, 4.69) is 12.2 Å². The molecular weight excluding hydrogens is 452 g/mol. The first kappa shape index (κ1) is 25.3. The summed E-state index contributed by atoms with van der Waals surface area (Å²) in [5.41, 5.74) is 1.89. The van der Waals surface area contributed by atoms with Gasteiger partial charge in [0.15, 0.2) is 11.5 Å². The average Bonchev–Trinajstić information content (AvgIpc) is 3.22. The van der Waals surface area contributed by atoms with Crippen LogP contribution in [0.4, 0.5) is 5.00 Å². The standard InChI is InChI=1S/C26H30N2O5S/c1-4-5-8-13-33-20-12-11-17(15-21(20)31-2)14-18(16-27)24(29)28-25-23(26(30)32-3)19-9-6-7-10-22(19)34-25/h11-12,14-15H,4-10,13H2,1-3H3,(H,28,29)/b18-14+. The zero-order chi connectivity index (χ0) is 24.5. The smallest absolute Gasteiger partial charge is 0.341 e. The molecule has 180 valence electrons. The van der Waals surface area contributed by atoms with Crippen molar-refractivity contribution in [3.05, 3.63) is 45.3 Å². The second kappa shape index (κ2) is 12.2. The fraction of sp³-hybridized carbons (Fsp3) is 0.423. The quantitative estimate of drug-likeness (QED) is 0.207. The number of unbranched alkanes of at least 4 members (excludes halogenated alkanes) is 2. The number of benzene rings is 1. The number of amides is 1. The van der Waals surface area contributed by atoms with Gasteiger partial charge in [-0.15, -0.1) is 11.3 Å². The van der Waals surface area contributed by atoms with Crippen LogP contribution >= 0.6 is 11.3 Å². The lowest BCUT2D eigenvalue weighted by Gasteiger charge is -2.12. The number of carbonyl (C=O) groups excluding carboxylic acids is 2. The molecule has 1 N–H and O–H groups in total. The highest BCUT2D eigenvalue weighted by Crippen LogP contribution is 2.39. The molecule has 0 saturated carbocycles. The van der Waals surface area contributed by atoms with Crippen LogP contribution < -0.4 is 14.8 Å². The number of nitriles is 1. The molecule has 7 nitrogen and oxygen atoms in total. The summed E-state index contributed by atoms with van der Waals surface area (Å²) < 4.78 is 16.2. The van der Waals surface area contributed by atoms with Crippen molar-refractivity contribution in [2.75, 3.05) is 26.1 Å². The number of anilines is 1. The number of hydrogen-bond acceptors (Lipinski definition) is 7. The Balaban J connectivity index is 1.81. The van der Waals surface area contributed by atoms with Crippen LogP contribution in [-0.2, 0) is 22.4 Å². The van der Waals surface area contributed by atoms with E-state index in [4.69, 9.17) is 14.2 Å². The molecule has 1 aromatic heterocycles. The van der Waals surface area contributed by atoms with E-state index >= 15 is 0 Å². The van der Waals surface area contributed by atoms with Crippen LogP contribution in [0.25, 0.3) is 6.08 Å². The summed E-state index contributed by atoms with van der Waals surface area (Å²) >= 11 is 1.38. The predicted octanol–water partition coefficient (Wildman–Crippen LogP) is 5.54. The van der Waals surface area contributed by atoms with Crippen LogP contribution in [0.5, 0.6) is 11.5 Å². The van der Waals surface area contributed by atoms with Crippen molar-refractivity contribution in [1.82, 2.24) is 0 Å². The monoisotopic (exact) mass is 482 g/mol. The van der Waals surface area contributed by atoms with Crippen LogP contribution in [0.3, 0.4) is 0 Å². The van der Waals surface area contributed by atoms with Crippen molar-refractivity contribution in [1.29, 1.82) is 5.26 Å². The van der Waals surface area contributed by atoms with Crippen LogP contribution in [0.1, 0.15) is 65.4 Å². The summed E-state index contributed by atoms with van der Waals surface area (Å²) in [7, 11) is 2.87. The molecule has 0 atom stereocenters. The number of fused-ring (bicyclic) bond motifs is 1. The maximum absolute atomic E-state index is 12.9. The van der Waals surface area contributed by atoms with Crippen LogP contribution in [0.2, 0.25) is 0 Å². The number of aryl methyl sites for hydroxylation is 1. The van der Waals surface area contributed by atoms with Gasteiger partial charge in [-0.2, -0.15) is 5.26 Å². The van der Waals surface area contributed by atoms with Gasteiger partial charge in [-0.05, 0) is 61.4 Å². The normalized spacial score (nSPS) is 12.9. The maximum Gasteiger partial charge on any atom is 0.341 e. The van der Waals surface area contributed by atoms with Gasteiger partial charge in [-0.25, -0.2) is 4.79 Å². The topological polar surface area (TPSA) is 97.7 Å². The van der Waals surface area contributed by atoms with E-state index in [-0.39, 0.29) is 5.57 Å². The van der Waals surface area contributed by atoms with E-state index in [1.54, 1.807) is 25.3 Å². The number of carbonyl (C=O) groups is 2. The Labute approximate surface area is 204 Å². The molecule has 1 aliphatic rings. The van der Waals surface area contributed by atoms with Gasteiger partial charge in [0.1, 0.15) is 16.6 Å². The Bertz CT molecular complexity index is 1110. The number of rotatable bonds is 10. The van der Waals surface area contributed by atoms with Gasteiger partial charge < -0.3 is 19.5 Å². The Morgan fingerprint density at radius 3 is 2.68 bits per heavy atom. The van der Waals surface area contributed by atoms with E-state index in [9.17, 15) is 14.9 Å². The summed E-state index contributed by atoms with van der Waals surface area (Å²) in [6, 6.07) is 7.23. The van der Waals surface area contributed by atoms with E-state index in [1.165, 1.54) is 24.5 Å². The molecule has 1 heterocycles. The summed E-state index contributed by atoms with van der Waals surface area (Å²) in [5, 5.41) is 12.8. The van der Waals surface area contributed by atoms with Gasteiger partial charge in [0.2, 0.25) is 0 Å². The molecule has 0 bridgehead atoms. The minimum Gasteiger partial charge on any atom is -0.493 e. The molecule has 0 saturated heterocycles. The van der Waals surface area contributed by atoms with Gasteiger partial charge >= 0.3 is 5.97 Å². The van der Waals surface area contributed by atoms with Crippen molar-refractivity contribution in [3.63, 3.8) is 0 Å². The Kier molecular flexibility index (Phi) is 9.11. The lowest BCUT2D eigenvalue weighted by atomic mass is 9.95. The van der Waals surface area contributed by atoms with E-state index < -0.39 is 11.9 Å². The highest BCUT2D eigenvalue weighted by atomic mass is 32.1. The average molecular weight is 483 g/mol.